The third kappa shape index (κ3) is 1.20. The van der Waals surface area contributed by atoms with E-state index < -0.39 is 5.97 Å². The summed E-state index contributed by atoms with van der Waals surface area (Å²) in [5.74, 6) is -0.981. The molecule has 0 radical (unpaired) electrons. The summed E-state index contributed by atoms with van der Waals surface area (Å²) in [5, 5.41) is 15.0. The van der Waals surface area contributed by atoms with E-state index in [2.05, 4.69) is 15.0 Å². The predicted molar refractivity (Wildman–Crippen MR) is 42.0 cm³/mol. The van der Waals surface area contributed by atoms with Gasteiger partial charge in [0.2, 0.25) is 5.69 Å². The second-order valence-corrected chi connectivity index (χ2v) is 2.86. The van der Waals surface area contributed by atoms with Crippen LogP contribution in [0, 0.1) is 0 Å². The van der Waals surface area contributed by atoms with Gasteiger partial charge in [-0.25, -0.2) is 4.79 Å². The maximum absolute atomic E-state index is 10.6. The van der Waals surface area contributed by atoms with Gasteiger partial charge in [-0.2, -0.15) is 0 Å². The zero-order valence-corrected chi connectivity index (χ0v) is 6.90. The molecule has 1 aliphatic rings. The molecule has 0 bridgehead atoms. The molecule has 13 heavy (non-hydrogen) atoms. The number of aromatic carboxylic acids is 1. The maximum atomic E-state index is 10.6. The van der Waals surface area contributed by atoms with Crippen molar-refractivity contribution in [2.45, 2.75) is 13.0 Å². The number of carboxylic acid groups (broad SMARTS) is 1. The zero-order chi connectivity index (χ0) is 9.42. The Hall–Kier alpha value is -1.72. The van der Waals surface area contributed by atoms with Crippen LogP contribution in [0.15, 0.2) is 4.52 Å². The lowest BCUT2D eigenvalue weighted by Gasteiger charge is -2.19. The van der Waals surface area contributed by atoms with Gasteiger partial charge in [0.15, 0.2) is 5.69 Å². The van der Waals surface area contributed by atoms with Crippen molar-refractivity contribution in [2.24, 2.45) is 0 Å². The van der Waals surface area contributed by atoms with Gasteiger partial charge in [0.1, 0.15) is 6.61 Å². The van der Waals surface area contributed by atoms with E-state index in [0.29, 0.717) is 12.3 Å². The molecule has 0 saturated heterocycles. The number of anilines is 1. The Balaban J connectivity index is 2.41. The Labute approximate surface area is 73.5 Å². The number of hydrogen-bond donors (Lipinski definition) is 2. The molecule has 1 atom stereocenters. The van der Waals surface area contributed by atoms with Crippen LogP contribution in [0.1, 0.15) is 17.4 Å². The number of hydrogen-bond acceptors (Lipinski definition) is 5. The van der Waals surface area contributed by atoms with Gasteiger partial charge in [0.05, 0.1) is 6.04 Å². The number of carboxylic acids is 1. The molecule has 1 aliphatic heterocycles. The summed E-state index contributed by atoms with van der Waals surface area (Å²) in [6.45, 7) is 2.32. The first kappa shape index (κ1) is 7.90. The maximum Gasteiger partial charge on any atom is 0.360 e. The average Bonchev–Trinajstić information content (AvgIpc) is 2.46. The van der Waals surface area contributed by atoms with Crippen LogP contribution in [0.4, 0.5) is 5.69 Å². The van der Waals surface area contributed by atoms with E-state index in [1.54, 1.807) is 0 Å². The van der Waals surface area contributed by atoms with Crippen molar-refractivity contribution in [3.8, 4) is 5.95 Å². The SMILES string of the molecule is C[C@H]1COc2onc(C(=O)O)c2N1. The van der Waals surface area contributed by atoms with Crippen LogP contribution in [-0.4, -0.2) is 28.9 Å². The molecule has 0 spiro atoms. The number of fused-ring (bicyclic) bond motifs is 1. The van der Waals surface area contributed by atoms with E-state index in [0.717, 1.165) is 0 Å². The summed E-state index contributed by atoms with van der Waals surface area (Å²) in [7, 11) is 0. The molecule has 1 aromatic heterocycles. The summed E-state index contributed by atoms with van der Waals surface area (Å²) in [6.07, 6.45) is 0. The molecule has 0 unspecified atom stereocenters. The van der Waals surface area contributed by atoms with Gasteiger partial charge in [0.25, 0.3) is 0 Å². The van der Waals surface area contributed by atoms with Crippen LogP contribution in [-0.2, 0) is 0 Å². The Morgan fingerprint density at radius 2 is 2.54 bits per heavy atom. The molecule has 2 heterocycles. The fraction of sp³-hybridized carbons (Fsp3) is 0.429. The Bertz CT molecular complexity index is 346. The number of carbonyl (C=O) groups is 1. The first-order valence-electron chi connectivity index (χ1n) is 3.81. The minimum atomic E-state index is -1.13. The minimum absolute atomic E-state index is 0.0602. The topological polar surface area (TPSA) is 84.6 Å². The molecule has 0 fully saturated rings. The van der Waals surface area contributed by atoms with Gasteiger partial charge in [-0.1, -0.05) is 5.16 Å². The zero-order valence-electron chi connectivity index (χ0n) is 6.90. The lowest BCUT2D eigenvalue weighted by Crippen LogP contribution is -2.28. The minimum Gasteiger partial charge on any atom is -0.476 e. The largest absolute Gasteiger partial charge is 0.476 e. The summed E-state index contributed by atoms with van der Waals surface area (Å²) in [5.41, 5.74) is 0.188. The van der Waals surface area contributed by atoms with E-state index in [9.17, 15) is 4.79 Å². The molecule has 0 saturated carbocycles. The van der Waals surface area contributed by atoms with E-state index in [4.69, 9.17) is 9.84 Å². The molecule has 6 heteroatoms. The summed E-state index contributed by atoms with van der Waals surface area (Å²) < 4.78 is 9.79. The summed E-state index contributed by atoms with van der Waals surface area (Å²) in [4.78, 5) is 10.6. The van der Waals surface area contributed by atoms with Gasteiger partial charge >= 0.3 is 11.9 Å². The van der Waals surface area contributed by atoms with E-state index >= 15 is 0 Å². The first-order valence-corrected chi connectivity index (χ1v) is 3.81. The van der Waals surface area contributed by atoms with Crippen LogP contribution in [0.5, 0.6) is 5.95 Å². The standard InChI is InChI=1S/C7H8N2O4/c1-3-2-12-7-5(8-3)4(6(10)11)9-13-7/h3,8H,2H2,1H3,(H,10,11)/t3-/m0/s1. The summed E-state index contributed by atoms with van der Waals surface area (Å²) in [6, 6.07) is 0.0602. The molecular weight excluding hydrogens is 176 g/mol. The highest BCUT2D eigenvalue weighted by Crippen LogP contribution is 2.31. The van der Waals surface area contributed by atoms with Crippen LogP contribution in [0.25, 0.3) is 0 Å². The van der Waals surface area contributed by atoms with E-state index in [1.165, 1.54) is 0 Å². The van der Waals surface area contributed by atoms with Gasteiger partial charge in [-0.3, -0.25) is 0 Å². The molecule has 1 aromatic rings. The highest BCUT2D eigenvalue weighted by molar-refractivity contribution is 5.93. The second-order valence-electron chi connectivity index (χ2n) is 2.86. The number of nitrogens with zero attached hydrogens (tertiary/aromatic N) is 1. The van der Waals surface area contributed by atoms with Crippen molar-refractivity contribution in [3.05, 3.63) is 5.69 Å². The van der Waals surface area contributed by atoms with Crippen molar-refractivity contribution < 1.29 is 19.2 Å². The average molecular weight is 184 g/mol. The number of ether oxygens (including phenoxy) is 1. The fourth-order valence-corrected chi connectivity index (χ4v) is 1.14. The second kappa shape index (κ2) is 2.65. The molecule has 0 aromatic carbocycles. The van der Waals surface area contributed by atoms with Crippen LogP contribution in [0.3, 0.4) is 0 Å². The molecular formula is C7H8N2O4. The van der Waals surface area contributed by atoms with Crippen molar-refractivity contribution >= 4 is 11.7 Å². The van der Waals surface area contributed by atoms with E-state index in [1.807, 2.05) is 6.92 Å². The number of rotatable bonds is 1. The Morgan fingerprint density at radius 1 is 1.77 bits per heavy atom. The molecule has 2 rings (SSSR count). The van der Waals surface area contributed by atoms with Crippen LogP contribution < -0.4 is 10.1 Å². The molecule has 0 aliphatic carbocycles. The predicted octanol–water partition coefficient (Wildman–Crippen LogP) is 0.566. The smallest absolute Gasteiger partial charge is 0.360 e. The molecule has 0 amide bonds. The normalized spacial score (nSPS) is 19.9. The molecule has 70 valence electrons. The lowest BCUT2D eigenvalue weighted by atomic mass is 10.2. The number of nitrogens with one attached hydrogen (secondary N) is 1. The van der Waals surface area contributed by atoms with Crippen LogP contribution in [0.2, 0.25) is 0 Å². The van der Waals surface area contributed by atoms with E-state index in [-0.39, 0.29) is 17.7 Å². The van der Waals surface area contributed by atoms with Crippen LogP contribution >= 0.6 is 0 Å². The van der Waals surface area contributed by atoms with Crippen molar-refractivity contribution in [1.82, 2.24) is 5.16 Å². The molecule has 2 N–H and O–H groups in total. The van der Waals surface area contributed by atoms with Crippen molar-refractivity contribution in [1.29, 1.82) is 0 Å². The Kier molecular flexibility index (Phi) is 1.61. The lowest BCUT2D eigenvalue weighted by molar-refractivity contribution is 0.0686. The highest BCUT2D eigenvalue weighted by Gasteiger charge is 2.27. The van der Waals surface area contributed by atoms with Gasteiger partial charge in [-0.15, -0.1) is 0 Å². The quantitative estimate of drug-likeness (QED) is 0.663. The monoisotopic (exact) mass is 184 g/mol. The first-order chi connectivity index (χ1) is 6.18. The Morgan fingerprint density at radius 3 is 3.23 bits per heavy atom. The van der Waals surface area contributed by atoms with Crippen molar-refractivity contribution in [2.75, 3.05) is 11.9 Å². The van der Waals surface area contributed by atoms with Gasteiger partial charge in [0, 0.05) is 0 Å². The van der Waals surface area contributed by atoms with Gasteiger partial charge in [-0.05, 0) is 6.92 Å². The fourth-order valence-electron chi connectivity index (χ4n) is 1.14. The third-order valence-corrected chi connectivity index (χ3v) is 1.72. The summed E-state index contributed by atoms with van der Waals surface area (Å²) >= 11 is 0. The third-order valence-electron chi connectivity index (χ3n) is 1.72. The highest BCUT2D eigenvalue weighted by atomic mass is 16.6. The van der Waals surface area contributed by atoms with Gasteiger partial charge < -0.3 is 19.7 Å². The number of aromatic nitrogens is 1. The molecule has 6 nitrogen and oxygen atoms in total. The van der Waals surface area contributed by atoms with Crippen molar-refractivity contribution in [3.63, 3.8) is 0 Å².